The van der Waals surface area contributed by atoms with E-state index < -0.39 is 19.3 Å². The Morgan fingerprint density at radius 1 is 1.07 bits per heavy atom. The number of benzene rings is 2. The molecule has 2 heterocycles. The summed E-state index contributed by atoms with van der Waals surface area (Å²) >= 11 is 0. The first-order valence-corrected chi connectivity index (χ1v) is 19.4. The van der Waals surface area contributed by atoms with Crippen LogP contribution >= 0.6 is 0 Å². The number of hydrogen-bond donors (Lipinski definition) is 0. The minimum absolute atomic E-state index is 0.129. The second-order valence-corrected chi connectivity index (χ2v) is 19.0. The summed E-state index contributed by atoms with van der Waals surface area (Å²) < 4.78 is 40.3. The van der Waals surface area contributed by atoms with Crippen LogP contribution < -0.4 is 9.47 Å². The van der Waals surface area contributed by atoms with Crippen LogP contribution in [0.4, 0.5) is 4.39 Å². The van der Waals surface area contributed by atoms with Crippen molar-refractivity contribution in [2.75, 3.05) is 13.2 Å². The summed E-state index contributed by atoms with van der Waals surface area (Å²) in [5, 5.41) is 4.51. The SMILES string of the molecule is Cc1cc(OCC2(C(=O)OCc3ccccc3)CC2)ncc1-c1ccc(-c2nc(OC(C)C)n(COCC[Si](C)(C)C)n2)c(F)c1. The largest absolute Gasteiger partial charge is 0.476 e. The maximum absolute atomic E-state index is 15.5. The van der Waals surface area contributed by atoms with Crippen LogP contribution in [-0.4, -0.2) is 53.1 Å². The average Bonchev–Trinajstić information content (AvgIpc) is 3.71. The minimum Gasteiger partial charge on any atom is -0.476 e. The highest BCUT2D eigenvalue weighted by atomic mass is 28.3. The number of esters is 1. The molecule has 46 heavy (non-hydrogen) atoms. The van der Waals surface area contributed by atoms with Gasteiger partial charge in [0.15, 0.2) is 5.82 Å². The fourth-order valence-electron chi connectivity index (χ4n) is 4.78. The Hall–Kier alpha value is -4.09. The van der Waals surface area contributed by atoms with E-state index in [9.17, 15) is 4.79 Å². The number of pyridine rings is 1. The zero-order valence-electron chi connectivity index (χ0n) is 27.5. The summed E-state index contributed by atoms with van der Waals surface area (Å²) in [6.07, 6.45) is 2.96. The molecule has 0 aliphatic heterocycles. The summed E-state index contributed by atoms with van der Waals surface area (Å²) in [6.45, 7) is 13.8. The maximum Gasteiger partial charge on any atom is 0.317 e. The molecule has 0 amide bonds. The molecular weight excluding hydrogens is 603 g/mol. The van der Waals surface area contributed by atoms with E-state index in [2.05, 4.69) is 34.7 Å². The lowest BCUT2D eigenvalue weighted by molar-refractivity contribution is -0.152. The van der Waals surface area contributed by atoms with Crippen LogP contribution in [-0.2, 0) is 27.6 Å². The third-order valence-corrected chi connectivity index (χ3v) is 9.50. The molecule has 0 spiro atoms. The van der Waals surface area contributed by atoms with Gasteiger partial charge in [-0.15, -0.1) is 5.10 Å². The number of nitrogens with zero attached hydrogens (tertiary/aromatic N) is 4. The Morgan fingerprint density at radius 3 is 2.48 bits per heavy atom. The van der Waals surface area contributed by atoms with Crippen molar-refractivity contribution in [3.8, 4) is 34.4 Å². The molecule has 0 radical (unpaired) electrons. The van der Waals surface area contributed by atoms with E-state index in [1.165, 1.54) is 10.7 Å². The molecule has 9 nitrogen and oxygen atoms in total. The normalized spacial score (nSPS) is 13.9. The lowest BCUT2D eigenvalue weighted by atomic mass is 10.0. The van der Waals surface area contributed by atoms with Gasteiger partial charge in [-0.2, -0.15) is 9.67 Å². The topological polar surface area (TPSA) is 97.6 Å². The van der Waals surface area contributed by atoms with Gasteiger partial charge >= 0.3 is 12.0 Å². The smallest absolute Gasteiger partial charge is 0.317 e. The lowest BCUT2D eigenvalue weighted by Gasteiger charge is -2.16. The summed E-state index contributed by atoms with van der Waals surface area (Å²) in [5.74, 6) is -0.0878. The number of ether oxygens (including phenoxy) is 4. The fourth-order valence-corrected chi connectivity index (χ4v) is 5.53. The van der Waals surface area contributed by atoms with Crippen molar-refractivity contribution in [1.29, 1.82) is 0 Å². The Morgan fingerprint density at radius 2 is 1.83 bits per heavy atom. The highest BCUT2D eigenvalue weighted by Crippen LogP contribution is 2.47. The van der Waals surface area contributed by atoms with Gasteiger partial charge in [0.05, 0.1) is 11.7 Å². The van der Waals surface area contributed by atoms with Gasteiger partial charge in [0.2, 0.25) is 5.88 Å². The average molecular weight is 647 g/mol. The molecule has 1 fully saturated rings. The van der Waals surface area contributed by atoms with Gasteiger partial charge < -0.3 is 18.9 Å². The van der Waals surface area contributed by atoms with E-state index in [0.29, 0.717) is 30.9 Å². The molecule has 1 saturated carbocycles. The first-order chi connectivity index (χ1) is 21.9. The van der Waals surface area contributed by atoms with Gasteiger partial charge in [0.25, 0.3) is 0 Å². The van der Waals surface area contributed by atoms with Crippen molar-refractivity contribution in [3.63, 3.8) is 0 Å². The Labute approximate surface area is 271 Å². The Bertz CT molecular complexity index is 1650. The Kier molecular flexibility index (Phi) is 10.2. The zero-order valence-corrected chi connectivity index (χ0v) is 28.5. The van der Waals surface area contributed by atoms with Gasteiger partial charge in [0.1, 0.15) is 31.2 Å². The third-order valence-electron chi connectivity index (χ3n) is 7.79. The number of hydrogen-bond acceptors (Lipinski definition) is 8. The van der Waals surface area contributed by atoms with Crippen LogP contribution in [0.3, 0.4) is 0 Å². The van der Waals surface area contributed by atoms with Crippen LogP contribution in [0.5, 0.6) is 11.9 Å². The van der Waals surface area contributed by atoms with Crippen LogP contribution in [0, 0.1) is 18.2 Å². The molecule has 0 bridgehead atoms. The molecule has 5 rings (SSSR count). The van der Waals surface area contributed by atoms with Crippen molar-refractivity contribution in [2.45, 2.75) is 78.7 Å². The van der Waals surface area contributed by atoms with Gasteiger partial charge in [-0.25, -0.2) is 9.37 Å². The number of carbonyl (C=O) groups is 1. The van der Waals surface area contributed by atoms with Gasteiger partial charge in [-0.05, 0) is 68.5 Å². The lowest BCUT2D eigenvalue weighted by Crippen LogP contribution is -2.26. The van der Waals surface area contributed by atoms with E-state index in [0.717, 1.165) is 22.7 Å². The number of halogens is 1. The molecule has 4 aromatic rings. The number of rotatable bonds is 15. The van der Waals surface area contributed by atoms with Crippen LogP contribution in [0.1, 0.15) is 37.8 Å². The summed E-state index contributed by atoms with van der Waals surface area (Å²) in [7, 11) is -1.24. The number of carbonyl (C=O) groups excluding carboxylic acids is 1. The van der Waals surface area contributed by atoms with E-state index >= 15 is 4.39 Å². The van der Waals surface area contributed by atoms with Crippen molar-refractivity contribution in [2.24, 2.45) is 5.41 Å². The summed E-state index contributed by atoms with van der Waals surface area (Å²) in [4.78, 5) is 21.7. The van der Waals surface area contributed by atoms with Crippen molar-refractivity contribution in [1.82, 2.24) is 19.7 Å². The molecule has 244 valence electrons. The van der Waals surface area contributed by atoms with E-state index in [-0.39, 0.29) is 49.4 Å². The first-order valence-electron chi connectivity index (χ1n) is 15.7. The monoisotopic (exact) mass is 646 g/mol. The minimum atomic E-state index is -1.24. The van der Waals surface area contributed by atoms with Crippen LogP contribution in [0.25, 0.3) is 22.5 Å². The molecule has 0 N–H and O–H groups in total. The summed E-state index contributed by atoms with van der Waals surface area (Å²) in [6, 6.07) is 17.6. The molecule has 0 unspecified atom stereocenters. The highest BCUT2D eigenvalue weighted by Gasteiger charge is 2.52. The van der Waals surface area contributed by atoms with E-state index in [1.54, 1.807) is 18.3 Å². The molecule has 0 atom stereocenters. The molecule has 2 aromatic heterocycles. The predicted molar refractivity (Wildman–Crippen MR) is 177 cm³/mol. The fraction of sp³-hybridized carbons (Fsp3) is 0.429. The molecule has 1 aliphatic rings. The molecule has 1 aliphatic carbocycles. The van der Waals surface area contributed by atoms with Gasteiger partial charge in [-0.1, -0.05) is 56.0 Å². The van der Waals surface area contributed by atoms with Gasteiger partial charge in [-0.3, -0.25) is 4.79 Å². The third kappa shape index (κ3) is 8.58. The Balaban J connectivity index is 1.23. The number of aromatic nitrogens is 4. The van der Waals surface area contributed by atoms with Crippen LogP contribution in [0.2, 0.25) is 25.7 Å². The predicted octanol–water partition coefficient (Wildman–Crippen LogP) is 7.46. The van der Waals surface area contributed by atoms with Crippen LogP contribution in [0.15, 0.2) is 60.8 Å². The van der Waals surface area contributed by atoms with Crippen molar-refractivity contribution in [3.05, 3.63) is 77.7 Å². The van der Waals surface area contributed by atoms with Gasteiger partial charge in [0, 0.05) is 32.5 Å². The summed E-state index contributed by atoms with van der Waals surface area (Å²) in [5.41, 5.74) is 2.85. The quantitative estimate of drug-likeness (QED) is 0.0746. The zero-order chi connectivity index (χ0) is 32.9. The van der Waals surface area contributed by atoms with Crippen molar-refractivity contribution < 1.29 is 28.1 Å². The first kappa shape index (κ1) is 33.3. The highest BCUT2D eigenvalue weighted by molar-refractivity contribution is 6.76. The molecule has 0 saturated heterocycles. The van der Waals surface area contributed by atoms with E-state index in [4.69, 9.17) is 18.9 Å². The van der Waals surface area contributed by atoms with E-state index in [1.807, 2.05) is 57.2 Å². The second-order valence-electron chi connectivity index (χ2n) is 13.4. The standard InChI is InChI=1S/C35H43FN4O5Si/c1-24(2)45-34-38-32(39-40(34)23-42-16-17-46(4,5)6)28-13-12-27(19-30(28)36)29-20-37-31(18-25(29)3)44-22-35(14-15-35)33(41)43-21-26-10-8-7-9-11-26/h7-13,18-20,24H,14-17,21-23H2,1-6H3. The molecule has 11 heteroatoms. The second kappa shape index (κ2) is 14.1. The van der Waals surface area contributed by atoms with Crippen molar-refractivity contribution >= 4 is 14.0 Å². The number of aryl methyl sites for hydroxylation is 1. The molecular formula is C35H43FN4O5Si. The maximum atomic E-state index is 15.5. The molecule has 2 aromatic carbocycles.